The Morgan fingerprint density at radius 1 is 1.05 bits per heavy atom. The van der Waals surface area contributed by atoms with Crippen LogP contribution in [0.15, 0.2) is 42.6 Å². The third-order valence-corrected chi connectivity index (χ3v) is 9.83. The first-order chi connectivity index (χ1) is 20.5. The molecule has 0 radical (unpaired) electrons. The normalized spacial score (nSPS) is 22.0. The van der Waals surface area contributed by atoms with E-state index in [9.17, 15) is 31.5 Å². The third kappa shape index (κ3) is 6.34. The zero-order chi connectivity index (χ0) is 32.2. The number of carbonyl (C=O) groups excluding carboxylic acids is 2. The monoisotopic (exact) mass is 619 g/mol. The van der Waals surface area contributed by atoms with Gasteiger partial charge in [-0.1, -0.05) is 39.8 Å². The van der Waals surface area contributed by atoms with Crippen molar-refractivity contribution in [3.05, 3.63) is 59.5 Å². The van der Waals surface area contributed by atoms with Gasteiger partial charge in [-0.3, -0.25) is 14.5 Å². The van der Waals surface area contributed by atoms with Crippen LogP contribution in [0.3, 0.4) is 0 Å². The van der Waals surface area contributed by atoms with Crippen molar-refractivity contribution in [1.29, 1.82) is 0 Å². The number of Topliss-reactive ketones (excluding diaryl/α,β-unsaturated/α-hetero) is 1. The van der Waals surface area contributed by atoms with Crippen LogP contribution in [0.2, 0.25) is 0 Å². The van der Waals surface area contributed by atoms with Crippen molar-refractivity contribution in [2.75, 3.05) is 18.4 Å². The maximum atomic E-state index is 14.7. The van der Waals surface area contributed by atoms with Gasteiger partial charge in [0.05, 0.1) is 11.7 Å². The Labute approximate surface area is 253 Å². The number of nitrogens with one attached hydrogen (secondary N) is 1. The minimum atomic E-state index is -5.11. The van der Waals surface area contributed by atoms with Crippen molar-refractivity contribution in [2.45, 2.75) is 84.9 Å². The third-order valence-electron chi connectivity index (χ3n) is 9.83. The molecular formula is C33H38F5N3O3. The topological polar surface area (TPSA) is 63.6 Å². The summed E-state index contributed by atoms with van der Waals surface area (Å²) in [6.07, 6.45) is -2.67. The zero-order valence-electron chi connectivity index (χ0n) is 25.5. The van der Waals surface area contributed by atoms with E-state index in [2.05, 4.69) is 49.9 Å². The van der Waals surface area contributed by atoms with Gasteiger partial charge in [0.25, 0.3) is 0 Å². The Morgan fingerprint density at radius 2 is 1.73 bits per heavy atom. The number of likely N-dealkylation sites (tertiary alicyclic amines) is 1. The summed E-state index contributed by atoms with van der Waals surface area (Å²) < 4.78 is 72.7. The average molecular weight is 620 g/mol. The lowest BCUT2D eigenvalue weighted by molar-refractivity contribution is -0.275. The second kappa shape index (κ2) is 11.5. The molecular weight excluding hydrogens is 581 g/mol. The minimum absolute atomic E-state index is 0.0338. The molecule has 238 valence electrons. The molecule has 1 N–H and O–H groups in total. The van der Waals surface area contributed by atoms with Crippen LogP contribution in [-0.2, 0) is 11.3 Å². The SMILES string of the molecule is CC(=O)c1cn(CCN2C[C@H](F)C[C@H]2C(=O)Nc2cccc(OC(F)(F)F)c2F)c2ccc(C3CC(C)(C)C(C)(C)C3)cc12. The number of ether oxygens (including phenoxy) is 1. The standard InChI is InChI=1S/C33H38F5N3O3/c1-19(42)24-18-41(26-10-9-20(13-23(24)26)21-15-31(2,3)32(4,5)16-21)12-11-40-17-22(34)14-27(40)30(43)39-25-7-6-8-28(29(25)35)44-33(36,37)38/h6-10,13,18,21-22,27H,11-12,14-17H2,1-5H3,(H,39,43)/t22-,27+/m1/s1. The van der Waals surface area contributed by atoms with Gasteiger partial charge in [-0.05, 0) is 66.3 Å². The maximum Gasteiger partial charge on any atom is 0.573 e. The van der Waals surface area contributed by atoms with E-state index in [0.717, 1.165) is 41.9 Å². The number of aromatic nitrogens is 1. The Morgan fingerprint density at radius 3 is 2.36 bits per heavy atom. The van der Waals surface area contributed by atoms with Crippen LogP contribution in [0.1, 0.15) is 75.7 Å². The number of anilines is 1. The van der Waals surface area contributed by atoms with E-state index in [0.29, 0.717) is 18.0 Å². The molecule has 5 rings (SSSR count). The molecule has 1 aliphatic carbocycles. The largest absolute Gasteiger partial charge is 0.573 e. The maximum absolute atomic E-state index is 14.7. The number of nitrogens with zero attached hydrogens (tertiary/aromatic N) is 2. The number of alkyl halides is 4. The molecule has 3 aromatic rings. The first-order valence-corrected chi connectivity index (χ1v) is 14.8. The summed E-state index contributed by atoms with van der Waals surface area (Å²) in [6, 6.07) is 8.30. The van der Waals surface area contributed by atoms with E-state index in [1.165, 1.54) is 12.5 Å². The quantitative estimate of drug-likeness (QED) is 0.206. The fourth-order valence-corrected chi connectivity index (χ4v) is 6.76. The number of fused-ring (bicyclic) bond motifs is 1. The predicted octanol–water partition coefficient (Wildman–Crippen LogP) is 7.86. The molecule has 0 spiro atoms. The molecule has 1 aromatic heterocycles. The highest BCUT2D eigenvalue weighted by Gasteiger charge is 2.46. The Kier molecular flexibility index (Phi) is 8.33. The van der Waals surface area contributed by atoms with E-state index in [1.54, 1.807) is 11.1 Å². The van der Waals surface area contributed by atoms with E-state index in [1.807, 2.05) is 10.6 Å². The molecule has 0 unspecified atom stereocenters. The van der Waals surface area contributed by atoms with Crippen molar-refractivity contribution in [3.63, 3.8) is 0 Å². The van der Waals surface area contributed by atoms with Crippen molar-refractivity contribution in [1.82, 2.24) is 9.47 Å². The molecule has 11 heteroatoms. The molecule has 2 aliphatic rings. The van der Waals surface area contributed by atoms with Gasteiger partial charge in [0.15, 0.2) is 17.3 Å². The van der Waals surface area contributed by atoms with Crippen molar-refractivity contribution < 1.29 is 36.3 Å². The van der Waals surface area contributed by atoms with Crippen LogP contribution >= 0.6 is 0 Å². The smallest absolute Gasteiger partial charge is 0.403 e. The summed E-state index contributed by atoms with van der Waals surface area (Å²) in [5, 5.41) is 3.15. The molecule has 1 saturated heterocycles. The molecule has 2 fully saturated rings. The lowest BCUT2D eigenvalue weighted by Gasteiger charge is -2.34. The zero-order valence-corrected chi connectivity index (χ0v) is 25.5. The molecule has 1 aliphatic heterocycles. The van der Waals surface area contributed by atoms with Crippen LogP contribution in [0.5, 0.6) is 5.75 Å². The molecule has 0 bridgehead atoms. The van der Waals surface area contributed by atoms with Gasteiger partial charge in [-0.2, -0.15) is 0 Å². The minimum Gasteiger partial charge on any atom is -0.403 e. The number of hydrogen-bond donors (Lipinski definition) is 1. The van der Waals surface area contributed by atoms with Crippen LogP contribution in [0, 0.1) is 16.6 Å². The van der Waals surface area contributed by atoms with Gasteiger partial charge in [0, 0.05) is 48.7 Å². The first-order valence-electron chi connectivity index (χ1n) is 14.8. The fraction of sp³-hybridized carbons (Fsp3) is 0.515. The molecule has 6 nitrogen and oxygen atoms in total. The van der Waals surface area contributed by atoms with Gasteiger partial charge in [0.2, 0.25) is 5.91 Å². The highest BCUT2D eigenvalue weighted by Crippen LogP contribution is 2.57. The van der Waals surface area contributed by atoms with Crippen LogP contribution in [0.4, 0.5) is 27.6 Å². The van der Waals surface area contributed by atoms with E-state index in [-0.39, 0.29) is 36.1 Å². The van der Waals surface area contributed by atoms with Gasteiger partial charge >= 0.3 is 6.36 Å². The lowest BCUT2D eigenvalue weighted by atomic mass is 9.71. The molecule has 2 heterocycles. The highest BCUT2D eigenvalue weighted by molar-refractivity contribution is 6.07. The van der Waals surface area contributed by atoms with Crippen molar-refractivity contribution >= 4 is 28.3 Å². The van der Waals surface area contributed by atoms with E-state index < -0.39 is 41.7 Å². The summed E-state index contributed by atoms with van der Waals surface area (Å²) in [6.45, 7) is 11.3. The van der Waals surface area contributed by atoms with Gasteiger partial charge in [0.1, 0.15) is 6.17 Å². The van der Waals surface area contributed by atoms with Crippen LogP contribution in [0.25, 0.3) is 10.9 Å². The Hall–Kier alpha value is -3.47. The summed E-state index contributed by atoms with van der Waals surface area (Å²) >= 11 is 0. The summed E-state index contributed by atoms with van der Waals surface area (Å²) in [5.74, 6) is -2.88. The molecule has 1 saturated carbocycles. The number of benzene rings is 2. The number of halogens is 5. The molecule has 2 atom stereocenters. The van der Waals surface area contributed by atoms with Crippen LogP contribution in [-0.4, -0.2) is 52.8 Å². The van der Waals surface area contributed by atoms with Gasteiger partial charge in [-0.15, -0.1) is 13.2 Å². The fourth-order valence-electron chi connectivity index (χ4n) is 6.76. The van der Waals surface area contributed by atoms with Gasteiger partial charge < -0.3 is 14.6 Å². The number of hydrogen-bond acceptors (Lipinski definition) is 4. The summed E-state index contributed by atoms with van der Waals surface area (Å²) in [5.41, 5.74) is 2.52. The van der Waals surface area contributed by atoms with Crippen LogP contribution < -0.4 is 10.1 Å². The number of amides is 1. The molecule has 1 amide bonds. The number of carbonyl (C=O) groups is 2. The number of ketones is 1. The lowest BCUT2D eigenvalue weighted by Crippen LogP contribution is -2.41. The number of rotatable bonds is 8. The Balaban J connectivity index is 1.33. The Bertz CT molecular complexity index is 1560. The molecule has 44 heavy (non-hydrogen) atoms. The second-order valence-electron chi connectivity index (χ2n) is 13.4. The van der Waals surface area contributed by atoms with Crippen molar-refractivity contribution in [2.24, 2.45) is 10.8 Å². The van der Waals surface area contributed by atoms with Crippen molar-refractivity contribution in [3.8, 4) is 5.75 Å². The summed E-state index contributed by atoms with van der Waals surface area (Å²) in [4.78, 5) is 27.3. The first kappa shape index (κ1) is 31.9. The second-order valence-corrected chi connectivity index (χ2v) is 13.4. The average Bonchev–Trinajstić information content (AvgIpc) is 3.54. The van der Waals surface area contributed by atoms with Gasteiger partial charge in [-0.25, -0.2) is 8.78 Å². The van der Waals surface area contributed by atoms with E-state index >= 15 is 0 Å². The predicted molar refractivity (Wildman–Crippen MR) is 158 cm³/mol. The summed E-state index contributed by atoms with van der Waals surface area (Å²) in [7, 11) is 0. The van der Waals surface area contributed by atoms with E-state index in [4.69, 9.17) is 0 Å². The highest BCUT2D eigenvalue weighted by atomic mass is 19.4. The molecule has 2 aromatic carbocycles.